The molecule has 6 nitrogen and oxygen atoms in total. The molecule has 26 heavy (non-hydrogen) atoms. The van der Waals surface area contributed by atoms with E-state index in [0.717, 1.165) is 11.1 Å². The highest BCUT2D eigenvalue weighted by Crippen LogP contribution is 2.30. The Morgan fingerprint density at radius 1 is 1.38 bits per heavy atom. The van der Waals surface area contributed by atoms with E-state index in [2.05, 4.69) is 10.4 Å². The molecule has 2 heterocycles. The van der Waals surface area contributed by atoms with Crippen molar-refractivity contribution in [2.24, 2.45) is 7.05 Å². The van der Waals surface area contributed by atoms with Gasteiger partial charge in [0, 0.05) is 25.2 Å². The number of benzene rings is 1. The molecule has 3 rings (SSSR count). The van der Waals surface area contributed by atoms with Crippen molar-refractivity contribution in [3.63, 3.8) is 0 Å². The van der Waals surface area contributed by atoms with Crippen LogP contribution in [0.4, 0.5) is 8.78 Å². The number of halogens is 2. The Hall–Kier alpha value is -2.48. The van der Waals surface area contributed by atoms with Gasteiger partial charge in [-0.05, 0) is 24.7 Å². The summed E-state index contributed by atoms with van der Waals surface area (Å²) in [7, 11) is 3.38. The molecule has 1 aromatic carbocycles. The van der Waals surface area contributed by atoms with Crippen LogP contribution in [0.25, 0.3) is 11.1 Å². The number of amides is 1. The molecule has 1 fully saturated rings. The average molecular weight is 364 g/mol. The maximum absolute atomic E-state index is 13.3. The number of likely N-dealkylation sites (tertiary alicyclic amines) is 1. The molecular weight excluding hydrogens is 342 g/mol. The molecular formula is C18H22F2N4O2. The third kappa shape index (κ3) is 4.37. The number of nitrogens with zero attached hydrogens (tertiary/aromatic N) is 3. The maximum Gasteiger partial charge on any atom is 0.262 e. The Morgan fingerprint density at radius 2 is 2.19 bits per heavy atom. The zero-order chi connectivity index (χ0) is 18.7. The van der Waals surface area contributed by atoms with Gasteiger partial charge in [0.25, 0.3) is 5.92 Å². The van der Waals surface area contributed by atoms with Crippen molar-refractivity contribution in [1.29, 1.82) is 0 Å². The third-order valence-electron chi connectivity index (χ3n) is 4.35. The monoisotopic (exact) mass is 364 g/mol. The topological polar surface area (TPSA) is 59.4 Å². The molecule has 1 aliphatic heterocycles. The van der Waals surface area contributed by atoms with E-state index in [4.69, 9.17) is 4.74 Å². The number of alkyl halides is 2. The Kier molecular flexibility index (Phi) is 5.22. The van der Waals surface area contributed by atoms with Gasteiger partial charge >= 0.3 is 0 Å². The molecule has 1 aliphatic rings. The minimum absolute atomic E-state index is 0.256. The highest BCUT2D eigenvalue weighted by Gasteiger charge is 2.46. The average Bonchev–Trinajstić information content (AvgIpc) is 3.14. The van der Waals surface area contributed by atoms with Crippen LogP contribution in [-0.4, -0.2) is 59.3 Å². The van der Waals surface area contributed by atoms with E-state index < -0.39 is 24.3 Å². The van der Waals surface area contributed by atoms with Crippen molar-refractivity contribution in [3.8, 4) is 16.9 Å². The van der Waals surface area contributed by atoms with Crippen molar-refractivity contribution in [2.75, 3.05) is 26.7 Å². The summed E-state index contributed by atoms with van der Waals surface area (Å²) in [6.07, 6.45) is 3.24. The zero-order valence-electron chi connectivity index (χ0n) is 14.8. The normalized spacial score (nSPS) is 19.5. The van der Waals surface area contributed by atoms with Gasteiger partial charge in [-0.1, -0.05) is 12.1 Å². The lowest BCUT2D eigenvalue weighted by molar-refractivity contribution is -0.125. The summed E-state index contributed by atoms with van der Waals surface area (Å²) in [4.78, 5) is 13.4. The molecule has 1 N–H and O–H groups in total. The van der Waals surface area contributed by atoms with Crippen molar-refractivity contribution in [1.82, 2.24) is 20.0 Å². The van der Waals surface area contributed by atoms with Crippen LogP contribution < -0.4 is 10.1 Å². The number of hydrogen-bond acceptors (Lipinski definition) is 4. The maximum atomic E-state index is 13.3. The van der Waals surface area contributed by atoms with E-state index in [1.807, 2.05) is 37.5 Å². The lowest BCUT2D eigenvalue weighted by Crippen LogP contribution is -2.42. The molecule has 0 spiro atoms. The predicted molar refractivity (Wildman–Crippen MR) is 93.1 cm³/mol. The number of carbonyl (C=O) groups excluding carboxylic acids is 1. The quantitative estimate of drug-likeness (QED) is 0.796. The van der Waals surface area contributed by atoms with Crippen molar-refractivity contribution < 1.29 is 18.3 Å². The number of rotatable bonds is 6. The Labute approximate surface area is 150 Å². The molecule has 1 atom stereocenters. The molecule has 2 aromatic rings. The van der Waals surface area contributed by atoms with Gasteiger partial charge in [0.1, 0.15) is 12.4 Å². The Bertz CT molecular complexity index is 778. The number of ether oxygens (including phenoxy) is 1. The molecule has 8 heteroatoms. The number of nitrogens with one attached hydrogen (secondary N) is 1. The first-order valence-corrected chi connectivity index (χ1v) is 8.42. The molecule has 0 radical (unpaired) electrons. The first kappa shape index (κ1) is 18.3. The van der Waals surface area contributed by atoms with Crippen LogP contribution >= 0.6 is 0 Å². The minimum atomic E-state index is -2.81. The molecule has 0 saturated carbocycles. The van der Waals surface area contributed by atoms with Crippen molar-refractivity contribution >= 4 is 5.91 Å². The minimum Gasteiger partial charge on any atom is -0.492 e. The third-order valence-corrected chi connectivity index (χ3v) is 4.35. The second-order valence-corrected chi connectivity index (χ2v) is 6.56. The van der Waals surface area contributed by atoms with E-state index in [1.54, 1.807) is 10.9 Å². The molecule has 1 aromatic heterocycles. The van der Waals surface area contributed by atoms with Gasteiger partial charge in [0.15, 0.2) is 0 Å². The number of hydrogen-bond donors (Lipinski definition) is 1. The molecule has 1 saturated heterocycles. The van der Waals surface area contributed by atoms with E-state index in [-0.39, 0.29) is 19.7 Å². The molecule has 1 amide bonds. The summed E-state index contributed by atoms with van der Waals surface area (Å²) >= 11 is 0. The van der Waals surface area contributed by atoms with Gasteiger partial charge in [-0.25, -0.2) is 8.78 Å². The largest absolute Gasteiger partial charge is 0.492 e. The fourth-order valence-corrected chi connectivity index (χ4v) is 3.07. The number of aryl methyl sites for hydroxylation is 1. The van der Waals surface area contributed by atoms with Crippen LogP contribution in [0.15, 0.2) is 36.7 Å². The first-order chi connectivity index (χ1) is 12.3. The summed E-state index contributed by atoms with van der Waals surface area (Å²) in [5.41, 5.74) is 1.96. The van der Waals surface area contributed by atoms with Crippen LogP contribution in [0.1, 0.15) is 6.42 Å². The van der Waals surface area contributed by atoms with Crippen LogP contribution in [0.3, 0.4) is 0 Å². The predicted octanol–water partition coefficient (Wildman–Crippen LogP) is 1.92. The fraction of sp³-hybridized carbons (Fsp3) is 0.444. The molecule has 0 unspecified atom stereocenters. The zero-order valence-corrected chi connectivity index (χ0v) is 14.8. The van der Waals surface area contributed by atoms with E-state index in [1.165, 1.54) is 11.9 Å². The molecule has 0 aliphatic carbocycles. The van der Waals surface area contributed by atoms with Gasteiger partial charge < -0.3 is 10.1 Å². The van der Waals surface area contributed by atoms with E-state index in [0.29, 0.717) is 5.75 Å². The highest BCUT2D eigenvalue weighted by atomic mass is 19.3. The van der Waals surface area contributed by atoms with Crippen LogP contribution in [0.2, 0.25) is 0 Å². The Balaban J connectivity index is 1.47. The summed E-state index contributed by atoms with van der Waals surface area (Å²) in [6.45, 7) is 0.129. The SMILES string of the molecule is CN1CC(F)(F)C[C@@H]1C(=O)NCCOc1cccc(-c2cnn(C)c2)c1. The lowest BCUT2D eigenvalue weighted by atomic mass is 10.1. The second kappa shape index (κ2) is 7.41. The molecule has 0 bridgehead atoms. The summed E-state index contributed by atoms with van der Waals surface area (Å²) in [6, 6.07) is 6.77. The smallest absolute Gasteiger partial charge is 0.262 e. The highest BCUT2D eigenvalue weighted by molar-refractivity contribution is 5.82. The van der Waals surface area contributed by atoms with Crippen molar-refractivity contribution in [3.05, 3.63) is 36.7 Å². The lowest BCUT2D eigenvalue weighted by Gasteiger charge is -2.17. The van der Waals surface area contributed by atoms with Gasteiger partial charge in [-0.2, -0.15) is 5.10 Å². The van der Waals surface area contributed by atoms with E-state index in [9.17, 15) is 13.6 Å². The van der Waals surface area contributed by atoms with Crippen LogP contribution in [0, 0.1) is 0 Å². The van der Waals surface area contributed by atoms with Gasteiger partial charge in [0.2, 0.25) is 5.91 Å². The van der Waals surface area contributed by atoms with Crippen molar-refractivity contribution in [2.45, 2.75) is 18.4 Å². The first-order valence-electron chi connectivity index (χ1n) is 8.42. The standard InChI is InChI=1S/C18H22F2N4O2/c1-23-12-18(19,20)9-16(23)17(25)21-6-7-26-15-5-3-4-13(8-15)14-10-22-24(2)11-14/h3-5,8,10-11,16H,6-7,9,12H2,1-2H3,(H,21,25)/t16-/m1/s1. The van der Waals surface area contributed by atoms with Gasteiger partial charge in [-0.15, -0.1) is 0 Å². The number of carbonyl (C=O) groups is 1. The van der Waals surface area contributed by atoms with Gasteiger partial charge in [-0.3, -0.25) is 14.4 Å². The second-order valence-electron chi connectivity index (χ2n) is 6.56. The summed E-state index contributed by atoms with van der Waals surface area (Å²) in [5.74, 6) is -2.53. The van der Waals surface area contributed by atoms with Crippen LogP contribution in [0.5, 0.6) is 5.75 Å². The molecule has 140 valence electrons. The van der Waals surface area contributed by atoms with E-state index >= 15 is 0 Å². The number of likely N-dealkylation sites (N-methyl/N-ethyl adjacent to an activating group) is 1. The summed E-state index contributed by atoms with van der Waals surface area (Å²) in [5, 5.41) is 6.80. The summed E-state index contributed by atoms with van der Waals surface area (Å²) < 4.78 is 34.1. The number of aromatic nitrogens is 2. The van der Waals surface area contributed by atoms with Crippen LogP contribution in [-0.2, 0) is 11.8 Å². The Morgan fingerprint density at radius 3 is 2.85 bits per heavy atom. The fourth-order valence-electron chi connectivity index (χ4n) is 3.07. The van der Waals surface area contributed by atoms with Gasteiger partial charge in [0.05, 0.1) is 25.3 Å².